The van der Waals surface area contributed by atoms with Crippen LogP contribution in [0.15, 0.2) is 47.4 Å². The van der Waals surface area contributed by atoms with Gasteiger partial charge in [0.2, 0.25) is 5.91 Å². The highest BCUT2D eigenvalue weighted by atomic mass is 19.4. The predicted molar refractivity (Wildman–Crippen MR) is 95.5 cm³/mol. The number of para-hydroxylation sites is 2. The fourth-order valence-corrected chi connectivity index (χ4v) is 3.54. The van der Waals surface area contributed by atoms with Crippen LogP contribution < -0.4 is 5.56 Å². The third-order valence-corrected chi connectivity index (χ3v) is 4.91. The number of nitrogens with one attached hydrogen (secondary N) is 1. The van der Waals surface area contributed by atoms with Crippen molar-refractivity contribution in [3.8, 4) is 0 Å². The molecule has 1 aromatic carbocycles. The van der Waals surface area contributed by atoms with Gasteiger partial charge >= 0.3 is 6.18 Å². The van der Waals surface area contributed by atoms with Crippen molar-refractivity contribution >= 4 is 16.9 Å². The summed E-state index contributed by atoms with van der Waals surface area (Å²) in [5.41, 5.74) is 0.0211. The number of hydrogen-bond acceptors (Lipinski definition) is 3. The molecule has 6 nitrogen and oxygen atoms in total. The minimum Gasteiger partial charge on any atom is -0.340 e. The first-order chi connectivity index (χ1) is 13.3. The number of benzene rings is 1. The molecule has 4 rings (SSSR count). The monoisotopic (exact) mass is 390 g/mol. The SMILES string of the molecule is O=C(Cn1cc(C(F)(F)F)ccc1=O)N1CCCC1c1nc2ccccc2[nH]1. The molecule has 1 amide bonds. The van der Waals surface area contributed by atoms with E-state index in [1.54, 1.807) is 4.90 Å². The molecule has 0 saturated carbocycles. The van der Waals surface area contributed by atoms with Gasteiger partial charge in [-0.3, -0.25) is 9.59 Å². The van der Waals surface area contributed by atoms with Crippen LogP contribution in [0.3, 0.4) is 0 Å². The molecule has 3 aromatic rings. The third kappa shape index (κ3) is 3.39. The van der Waals surface area contributed by atoms with E-state index in [-0.39, 0.29) is 6.04 Å². The number of H-pyrrole nitrogens is 1. The summed E-state index contributed by atoms with van der Waals surface area (Å²) >= 11 is 0. The normalized spacial score (nSPS) is 17.4. The highest BCUT2D eigenvalue weighted by Gasteiger charge is 2.34. The largest absolute Gasteiger partial charge is 0.417 e. The van der Waals surface area contributed by atoms with Gasteiger partial charge < -0.3 is 14.5 Å². The van der Waals surface area contributed by atoms with Gasteiger partial charge in [-0.15, -0.1) is 0 Å². The maximum atomic E-state index is 12.9. The van der Waals surface area contributed by atoms with Gasteiger partial charge in [0.15, 0.2) is 0 Å². The molecule has 0 spiro atoms. The summed E-state index contributed by atoms with van der Waals surface area (Å²) in [6, 6.07) is 8.74. The van der Waals surface area contributed by atoms with Crippen LogP contribution in [0.2, 0.25) is 0 Å². The summed E-state index contributed by atoms with van der Waals surface area (Å²) in [7, 11) is 0. The van der Waals surface area contributed by atoms with Gasteiger partial charge in [0.05, 0.1) is 22.6 Å². The Morgan fingerprint density at radius 2 is 2.00 bits per heavy atom. The number of amides is 1. The molecule has 3 heterocycles. The lowest BCUT2D eigenvalue weighted by atomic mass is 10.2. The average molecular weight is 390 g/mol. The Morgan fingerprint density at radius 3 is 2.75 bits per heavy atom. The van der Waals surface area contributed by atoms with E-state index >= 15 is 0 Å². The molecule has 1 aliphatic heterocycles. The van der Waals surface area contributed by atoms with Gasteiger partial charge in [-0.25, -0.2) is 4.98 Å². The summed E-state index contributed by atoms with van der Waals surface area (Å²) in [6.45, 7) is 0.0216. The maximum Gasteiger partial charge on any atom is 0.417 e. The van der Waals surface area contributed by atoms with Crippen LogP contribution in [-0.2, 0) is 17.5 Å². The van der Waals surface area contributed by atoms with Gasteiger partial charge in [-0.1, -0.05) is 12.1 Å². The Bertz CT molecular complexity index is 1050. The molecule has 146 valence electrons. The molecule has 9 heteroatoms. The summed E-state index contributed by atoms with van der Waals surface area (Å²) in [4.78, 5) is 34.0. The number of rotatable bonds is 3. The van der Waals surface area contributed by atoms with Crippen LogP contribution >= 0.6 is 0 Å². The number of aromatic amines is 1. The molecular formula is C19H17F3N4O2. The van der Waals surface area contributed by atoms with Crippen molar-refractivity contribution in [3.05, 3.63) is 64.3 Å². The number of carbonyl (C=O) groups excluding carboxylic acids is 1. The number of likely N-dealkylation sites (tertiary alicyclic amines) is 1. The molecule has 1 saturated heterocycles. The van der Waals surface area contributed by atoms with E-state index in [4.69, 9.17) is 0 Å². The topological polar surface area (TPSA) is 71.0 Å². The van der Waals surface area contributed by atoms with Crippen molar-refractivity contribution in [1.29, 1.82) is 0 Å². The van der Waals surface area contributed by atoms with Crippen molar-refractivity contribution in [3.63, 3.8) is 0 Å². The fraction of sp³-hybridized carbons (Fsp3) is 0.316. The van der Waals surface area contributed by atoms with E-state index in [0.717, 1.165) is 34.2 Å². The summed E-state index contributed by atoms with van der Waals surface area (Å²) in [5.74, 6) is 0.229. The molecule has 28 heavy (non-hydrogen) atoms. The minimum absolute atomic E-state index is 0.290. The predicted octanol–water partition coefficient (Wildman–Crippen LogP) is 3.11. The smallest absolute Gasteiger partial charge is 0.340 e. The quantitative estimate of drug-likeness (QED) is 0.747. The van der Waals surface area contributed by atoms with Crippen molar-refractivity contribution in [2.24, 2.45) is 0 Å². The van der Waals surface area contributed by atoms with Gasteiger partial charge in [0.1, 0.15) is 12.4 Å². The van der Waals surface area contributed by atoms with Crippen LogP contribution in [0.1, 0.15) is 30.3 Å². The van der Waals surface area contributed by atoms with Gasteiger partial charge in [-0.05, 0) is 31.0 Å². The zero-order chi connectivity index (χ0) is 19.9. The number of pyridine rings is 1. The van der Waals surface area contributed by atoms with Crippen LogP contribution in [0.4, 0.5) is 13.2 Å². The van der Waals surface area contributed by atoms with Gasteiger partial charge in [0.25, 0.3) is 5.56 Å². The van der Waals surface area contributed by atoms with Crippen LogP contribution in [0.25, 0.3) is 11.0 Å². The summed E-state index contributed by atoms with van der Waals surface area (Å²) in [5, 5.41) is 0. The molecule has 1 N–H and O–H groups in total. The Kier molecular flexibility index (Phi) is 4.44. The number of halogens is 3. The van der Waals surface area contributed by atoms with Crippen LogP contribution in [0.5, 0.6) is 0 Å². The lowest BCUT2D eigenvalue weighted by molar-refractivity contribution is -0.139. The molecular weight excluding hydrogens is 373 g/mol. The second kappa shape index (κ2) is 6.81. The van der Waals surface area contributed by atoms with E-state index < -0.39 is 29.8 Å². The molecule has 1 unspecified atom stereocenters. The summed E-state index contributed by atoms with van der Waals surface area (Å²) < 4.78 is 39.5. The standard InChI is InChI=1S/C19H17F3N4O2/c20-19(21,22)12-7-8-16(27)25(10-12)11-17(28)26-9-3-6-15(26)18-23-13-4-1-2-5-14(13)24-18/h1-2,4-5,7-8,10,15H,3,6,9,11H2,(H,23,24). The molecule has 0 aliphatic carbocycles. The third-order valence-electron chi connectivity index (χ3n) is 4.91. The first-order valence-corrected chi connectivity index (χ1v) is 8.85. The average Bonchev–Trinajstić information content (AvgIpc) is 3.28. The van der Waals surface area contributed by atoms with Crippen LogP contribution in [-0.4, -0.2) is 31.9 Å². The van der Waals surface area contributed by atoms with Crippen molar-refractivity contribution in [2.75, 3.05) is 6.54 Å². The Morgan fingerprint density at radius 1 is 1.21 bits per heavy atom. The number of nitrogens with zero attached hydrogens (tertiary/aromatic N) is 3. The molecule has 0 radical (unpaired) electrons. The molecule has 1 aliphatic rings. The zero-order valence-electron chi connectivity index (χ0n) is 14.7. The Balaban J connectivity index is 1.58. The highest BCUT2D eigenvalue weighted by Crippen LogP contribution is 2.32. The number of fused-ring (bicyclic) bond motifs is 1. The highest BCUT2D eigenvalue weighted by molar-refractivity contribution is 5.78. The first-order valence-electron chi connectivity index (χ1n) is 8.85. The number of aromatic nitrogens is 3. The molecule has 2 aromatic heterocycles. The summed E-state index contributed by atoms with van der Waals surface area (Å²) in [6.07, 6.45) is -2.44. The van der Waals surface area contributed by atoms with Gasteiger partial charge in [-0.2, -0.15) is 13.2 Å². The second-order valence-electron chi connectivity index (χ2n) is 6.77. The van der Waals surface area contributed by atoms with Crippen molar-refractivity contribution in [2.45, 2.75) is 31.6 Å². The Hall–Kier alpha value is -3.10. The van der Waals surface area contributed by atoms with E-state index in [2.05, 4.69) is 9.97 Å². The number of alkyl halides is 3. The second-order valence-corrected chi connectivity index (χ2v) is 6.77. The number of carbonyl (C=O) groups is 1. The Labute approximate surface area is 157 Å². The van der Waals surface area contributed by atoms with E-state index in [9.17, 15) is 22.8 Å². The zero-order valence-corrected chi connectivity index (χ0v) is 14.7. The molecule has 1 fully saturated rings. The molecule has 1 atom stereocenters. The number of imidazole rings is 1. The fourth-order valence-electron chi connectivity index (χ4n) is 3.54. The lowest BCUT2D eigenvalue weighted by Gasteiger charge is -2.23. The van der Waals surface area contributed by atoms with E-state index in [1.807, 2.05) is 24.3 Å². The minimum atomic E-state index is -4.58. The lowest BCUT2D eigenvalue weighted by Crippen LogP contribution is -2.36. The van der Waals surface area contributed by atoms with Crippen LogP contribution in [0, 0.1) is 0 Å². The number of hydrogen-bond donors (Lipinski definition) is 1. The first kappa shape index (κ1) is 18.3. The molecule has 0 bridgehead atoms. The van der Waals surface area contributed by atoms with Crippen molar-refractivity contribution < 1.29 is 18.0 Å². The van der Waals surface area contributed by atoms with E-state index in [1.165, 1.54) is 0 Å². The van der Waals surface area contributed by atoms with Gasteiger partial charge in [0, 0.05) is 18.8 Å². The maximum absolute atomic E-state index is 12.9. The van der Waals surface area contributed by atoms with E-state index in [0.29, 0.717) is 25.0 Å². The van der Waals surface area contributed by atoms with Crippen molar-refractivity contribution in [1.82, 2.24) is 19.4 Å².